The van der Waals surface area contributed by atoms with Gasteiger partial charge in [-0.15, -0.1) is 0 Å². The Morgan fingerprint density at radius 1 is 1.26 bits per heavy atom. The average molecular weight is 546 g/mol. The summed E-state index contributed by atoms with van der Waals surface area (Å²) in [4.78, 5) is 26.6. The molecular formula is C31H44ClNO5. The van der Waals surface area contributed by atoms with E-state index in [9.17, 15) is 9.59 Å². The van der Waals surface area contributed by atoms with Crippen LogP contribution in [0.2, 0.25) is 5.02 Å². The number of fused-ring (bicyclic) bond motifs is 3. The number of methoxy groups -OCH3 is 1. The third kappa shape index (κ3) is 7.71. The lowest BCUT2D eigenvalue weighted by molar-refractivity contribution is -0.125. The van der Waals surface area contributed by atoms with Gasteiger partial charge < -0.3 is 19.1 Å². The van der Waals surface area contributed by atoms with Gasteiger partial charge in [0.25, 0.3) is 0 Å². The highest BCUT2D eigenvalue weighted by Crippen LogP contribution is 2.48. The average Bonchev–Trinajstić information content (AvgIpc) is 3.53. The smallest absolute Gasteiger partial charge is 0.226 e. The summed E-state index contributed by atoms with van der Waals surface area (Å²) >= 11 is 6.64. The van der Waals surface area contributed by atoms with Gasteiger partial charge in [-0.05, 0) is 69.6 Å². The quantitative estimate of drug-likeness (QED) is 0.393. The van der Waals surface area contributed by atoms with E-state index in [1.807, 2.05) is 12.1 Å². The van der Waals surface area contributed by atoms with Gasteiger partial charge in [0.2, 0.25) is 5.91 Å². The molecule has 210 valence electrons. The van der Waals surface area contributed by atoms with E-state index >= 15 is 0 Å². The van der Waals surface area contributed by atoms with E-state index in [1.165, 1.54) is 5.57 Å². The number of nitrogens with zero attached hydrogens (tertiary/aromatic N) is 1. The molecule has 4 atom stereocenters. The number of ketones is 1. The number of carbonyl (C=O) groups is 2. The molecule has 0 spiro atoms. The third-order valence-corrected chi connectivity index (χ3v) is 8.18. The molecule has 2 aliphatic heterocycles. The molecule has 1 saturated heterocycles. The van der Waals surface area contributed by atoms with Gasteiger partial charge in [0.15, 0.2) is 5.78 Å². The van der Waals surface area contributed by atoms with Crippen LogP contribution in [0.3, 0.4) is 0 Å². The van der Waals surface area contributed by atoms with E-state index < -0.39 is 5.60 Å². The van der Waals surface area contributed by atoms with E-state index in [4.69, 9.17) is 25.8 Å². The number of amides is 1. The Balaban J connectivity index is 1.94. The Morgan fingerprint density at radius 3 is 2.63 bits per heavy atom. The summed E-state index contributed by atoms with van der Waals surface area (Å²) in [5, 5.41) is 0.424. The largest absolute Gasteiger partial charge is 0.495 e. The van der Waals surface area contributed by atoms with Crippen molar-refractivity contribution < 1.29 is 23.8 Å². The Hall–Kier alpha value is -2.15. The summed E-state index contributed by atoms with van der Waals surface area (Å²) in [6, 6.07) is 3.90. The number of benzene rings is 1. The number of rotatable bonds is 4. The molecule has 1 aromatic carbocycles. The van der Waals surface area contributed by atoms with Gasteiger partial charge >= 0.3 is 0 Å². The monoisotopic (exact) mass is 545 g/mol. The summed E-state index contributed by atoms with van der Waals surface area (Å²) in [5.41, 5.74) is 2.41. The molecular weight excluding hydrogens is 502 g/mol. The first-order valence-electron chi connectivity index (χ1n) is 13.5. The van der Waals surface area contributed by atoms with Crippen molar-refractivity contribution in [2.45, 2.75) is 91.5 Å². The molecule has 1 amide bonds. The maximum absolute atomic E-state index is 13.3. The van der Waals surface area contributed by atoms with Gasteiger partial charge in [-0.3, -0.25) is 9.59 Å². The molecule has 7 heteroatoms. The summed E-state index contributed by atoms with van der Waals surface area (Å²) in [7, 11) is 3.34. The minimum absolute atomic E-state index is 0.0122. The standard InChI is InChI=1S/C31H44ClNO5/c1-20-11-9-10-13-30(4,5)18-26(37-19-21(2)34)22(3)29-31(6,38-29)14-12-27(35)33(7)24-16-23(15-20)17-25(36-8)28(24)32/h9-11,16-17,22,26,29H,12-15,18-19H2,1-8H3/b10-9+,20-11+/t22-,26?,29?,31?/m1/s1. The number of epoxide rings is 1. The summed E-state index contributed by atoms with van der Waals surface area (Å²) < 4.78 is 17.9. The molecule has 1 aromatic rings. The lowest BCUT2D eigenvalue weighted by Gasteiger charge is -2.32. The van der Waals surface area contributed by atoms with Crippen molar-refractivity contribution >= 4 is 29.0 Å². The van der Waals surface area contributed by atoms with Crippen molar-refractivity contribution in [2.24, 2.45) is 11.3 Å². The molecule has 0 aromatic heterocycles. The van der Waals surface area contributed by atoms with Gasteiger partial charge in [0, 0.05) is 19.4 Å². The molecule has 2 heterocycles. The van der Waals surface area contributed by atoms with Crippen molar-refractivity contribution in [1.82, 2.24) is 0 Å². The third-order valence-electron chi connectivity index (χ3n) is 7.80. The van der Waals surface area contributed by atoms with Crippen molar-refractivity contribution in [3.8, 4) is 5.75 Å². The van der Waals surface area contributed by atoms with Crippen LogP contribution < -0.4 is 9.64 Å². The summed E-state index contributed by atoms with van der Waals surface area (Å²) in [6.45, 7) is 12.4. The molecule has 1 fully saturated rings. The number of halogens is 1. The first-order chi connectivity index (χ1) is 17.8. The lowest BCUT2D eigenvalue weighted by atomic mass is 9.78. The zero-order valence-electron chi connectivity index (χ0n) is 24.2. The van der Waals surface area contributed by atoms with E-state index in [1.54, 1.807) is 26.0 Å². The van der Waals surface area contributed by atoms with Crippen LogP contribution in [0.5, 0.6) is 5.75 Å². The Labute approximate surface area is 233 Å². The van der Waals surface area contributed by atoms with Gasteiger partial charge in [-0.25, -0.2) is 0 Å². The second-order valence-electron chi connectivity index (χ2n) is 12.0. The van der Waals surface area contributed by atoms with Gasteiger partial charge in [-0.1, -0.05) is 56.2 Å². The summed E-state index contributed by atoms with van der Waals surface area (Å²) in [5.74, 6) is 0.610. The highest BCUT2D eigenvalue weighted by Gasteiger charge is 2.56. The van der Waals surface area contributed by atoms with Crippen molar-refractivity contribution in [2.75, 3.05) is 25.7 Å². The number of hydrogen-bond donors (Lipinski definition) is 0. The zero-order valence-corrected chi connectivity index (χ0v) is 25.0. The van der Waals surface area contributed by atoms with E-state index in [0.29, 0.717) is 35.7 Å². The maximum atomic E-state index is 13.3. The predicted molar refractivity (Wildman–Crippen MR) is 153 cm³/mol. The maximum Gasteiger partial charge on any atom is 0.226 e. The van der Waals surface area contributed by atoms with Crippen LogP contribution in [0, 0.1) is 11.3 Å². The number of hydrogen-bond acceptors (Lipinski definition) is 5. The van der Waals surface area contributed by atoms with Crippen LogP contribution in [0.25, 0.3) is 0 Å². The molecule has 6 nitrogen and oxygen atoms in total. The van der Waals surface area contributed by atoms with Crippen LogP contribution in [-0.4, -0.2) is 50.3 Å². The number of Topliss-reactive ketones (excluding diaryl/α,β-unsaturated/α-hetero) is 1. The van der Waals surface area contributed by atoms with Crippen LogP contribution in [-0.2, 0) is 25.5 Å². The van der Waals surface area contributed by atoms with Crippen molar-refractivity contribution in [3.05, 3.63) is 46.5 Å². The predicted octanol–water partition coefficient (Wildman–Crippen LogP) is 6.72. The molecule has 0 saturated carbocycles. The fourth-order valence-electron chi connectivity index (χ4n) is 5.36. The van der Waals surface area contributed by atoms with Gasteiger partial charge in [-0.2, -0.15) is 0 Å². The molecule has 2 aliphatic rings. The second-order valence-corrected chi connectivity index (χ2v) is 12.4. The van der Waals surface area contributed by atoms with E-state index in [-0.39, 0.29) is 41.8 Å². The Morgan fingerprint density at radius 2 is 1.97 bits per heavy atom. The van der Waals surface area contributed by atoms with E-state index in [0.717, 1.165) is 18.4 Å². The Kier molecular flexibility index (Phi) is 9.88. The molecule has 3 rings (SSSR count). The molecule has 0 radical (unpaired) electrons. The van der Waals surface area contributed by atoms with Crippen LogP contribution in [0.1, 0.15) is 72.8 Å². The van der Waals surface area contributed by atoms with Gasteiger partial charge in [0.1, 0.15) is 17.4 Å². The topological polar surface area (TPSA) is 68.4 Å². The van der Waals surface area contributed by atoms with Gasteiger partial charge in [0.05, 0.1) is 30.6 Å². The number of allylic oxidation sites excluding steroid dienone is 4. The highest BCUT2D eigenvalue weighted by atomic mass is 35.5. The lowest BCUT2D eigenvalue weighted by Crippen LogP contribution is -2.35. The first-order valence-corrected chi connectivity index (χ1v) is 13.9. The SMILES string of the molecule is COc1cc2cc(c1Cl)N(C)C(=O)CCC1(C)OC1[C@H](C)C(OCC(C)=O)CC(C)(C)C/C=C/C=C(\C)C2. The molecule has 3 unspecified atom stereocenters. The van der Waals surface area contributed by atoms with Crippen LogP contribution >= 0.6 is 11.6 Å². The van der Waals surface area contributed by atoms with Crippen molar-refractivity contribution in [3.63, 3.8) is 0 Å². The first kappa shape index (κ1) is 30.4. The number of anilines is 1. The zero-order chi connectivity index (χ0) is 28.3. The molecule has 2 bridgehead atoms. The molecule has 0 N–H and O–H groups in total. The van der Waals surface area contributed by atoms with Crippen LogP contribution in [0.4, 0.5) is 5.69 Å². The minimum Gasteiger partial charge on any atom is -0.495 e. The number of carbonyl (C=O) groups excluding carboxylic acids is 2. The van der Waals surface area contributed by atoms with Crippen molar-refractivity contribution in [1.29, 1.82) is 0 Å². The summed E-state index contributed by atoms with van der Waals surface area (Å²) in [6.07, 6.45) is 9.56. The minimum atomic E-state index is -0.412. The number of ether oxygens (including phenoxy) is 3. The molecule has 38 heavy (non-hydrogen) atoms. The second kappa shape index (κ2) is 12.4. The van der Waals surface area contributed by atoms with Crippen LogP contribution in [0.15, 0.2) is 35.9 Å². The fraction of sp³-hybridized carbons (Fsp3) is 0.613. The highest BCUT2D eigenvalue weighted by molar-refractivity contribution is 6.35. The normalized spacial score (nSPS) is 30.7. The fourth-order valence-corrected chi connectivity index (χ4v) is 5.67. The molecule has 0 aliphatic carbocycles. The van der Waals surface area contributed by atoms with E-state index in [2.05, 4.69) is 52.8 Å². The Bertz CT molecular complexity index is 1090.